The third kappa shape index (κ3) is 6.22. The molecule has 1 aromatic rings. The van der Waals surface area contributed by atoms with E-state index in [-0.39, 0.29) is 17.7 Å². The van der Waals surface area contributed by atoms with E-state index < -0.39 is 20.6 Å². The van der Waals surface area contributed by atoms with Crippen LogP contribution in [0.3, 0.4) is 0 Å². The van der Waals surface area contributed by atoms with Gasteiger partial charge in [-0.05, 0) is 32.8 Å². The van der Waals surface area contributed by atoms with Crippen LogP contribution in [0.1, 0.15) is 26.7 Å². The molecule has 0 heterocycles. The van der Waals surface area contributed by atoms with Crippen molar-refractivity contribution in [3.63, 3.8) is 0 Å². The van der Waals surface area contributed by atoms with Gasteiger partial charge in [0.25, 0.3) is 5.69 Å². The Morgan fingerprint density at radius 1 is 1.22 bits per heavy atom. The fourth-order valence-corrected chi connectivity index (χ4v) is 3.22. The largest absolute Gasteiger partial charge is 0.353 e. The normalized spacial score (nSPS) is 11.8. The number of sulfonamides is 1. The van der Waals surface area contributed by atoms with E-state index >= 15 is 0 Å². The maximum absolute atomic E-state index is 12.2. The fraction of sp³-hybridized carbons (Fsp3) is 0.571. The van der Waals surface area contributed by atoms with E-state index in [1.807, 2.05) is 13.8 Å². The summed E-state index contributed by atoms with van der Waals surface area (Å²) in [6.45, 7) is 4.86. The molecular formula is C14H22N2O6S. The molecule has 0 atom stereocenters. The van der Waals surface area contributed by atoms with Crippen molar-refractivity contribution in [2.75, 3.05) is 19.8 Å². The lowest BCUT2D eigenvalue weighted by molar-refractivity contribution is -0.387. The molecule has 8 nitrogen and oxygen atoms in total. The lowest BCUT2D eigenvalue weighted by Crippen LogP contribution is -2.27. The van der Waals surface area contributed by atoms with Crippen molar-refractivity contribution in [1.82, 2.24) is 4.72 Å². The third-order valence-corrected chi connectivity index (χ3v) is 4.47. The second-order valence-electron chi connectivity index (χ2n) is 4.61. The molecule has 0 aliphatic heterocycles. The Morgan fingerprint density at radius 3 is 2.39 bits per heavy atom. The van der Waals surface area contributed by atoms with E-state index in [1.165, 1.54) is 18.2 Å². The number of ether oxygens (including phenoxy) is 2. The smallest absolute Gasteiger partial charge is 0.289 e. The van der Waals surface area contributed by atoms with Crippen molar-refractivity contribution in [2.24, 2.45) is 0 Å². The SMILES string of the molecule is CCOC(CCCNS(=O)(=O)c1ccccc1[N+](=O)[O-])OCC. The van der Waals surface area contributed by atoms with E-state index in [0.29, 0.717) is 26.1 Å². The quantitative estimate of drug-likeness (QED) is 0.284. The number of nitrogens with zero attached hydrogens (tertiary/aromatic N) is 1. The molecule has 0 unspecified atom stereocenters. The molecular weight excluding hydrogens is 324 g/mol. The lowest BCUT2D eigenvalue weighted by atomic mass is 10.3. The molecule has 0 amide bonds. The van der Waals surface area contributed by atoms with Crippen LogP contribution in [0, 0.1) is 10.1 Å². The predicted octanol–water partition coefficient (Wildman–Crippen LogP) is 2.05. The van der Waals surface area contributed by atoms with Gasteiger partial charge in [0.15, 0.2) is 11.2 Å². The summed E-state index contributed by atoms with van der Waals surface area (Å²) < 4.78 is 37.4. The van der Waals surface area contributed by atoms with Gasteiger partial charge in [0.2, 0.25) is 10.0 Å². The minimum absolute atomic E-state index is 0.144. The van der Waals surface area contributed by atoms with Crippen molar-refractivity contribution >= 4 is 15.7 Å². The Labute approximate surface area is 136 Å². The van der Waals surface area contributed by atoms with E-state index in [4.69, 9.17) is 9.47 Å². The topological polar surface area (TPSA) is 108 Å². The molecule has 9 heteroatoms. The summed E-state index contributed by atoms with van der Waals surface area (Å²) in [5, 5.41) is 10.9. The van der Waals surface area contributed by atoms with Gasteiger partial charge in [-0.15, -0.1) is 0 Å². The molecule has 0 bridgehead atoms. The number of hydrogen-bond donors (Lipinski definition) is 1. The van der Waals surface area contributed by atoms with Crippen LogP contribution < -0.4 is 4.72 Å². The maximum Gasteiger partial charge on any atom is 0.289 e. The fourth-order valence-electron chi connectivity index (χ4n) is 1.97. The molecule has 0 radical (unpaired) electrons. The first-order valence-electron chi connectivity index (χ1n) is 7.38. The molecule has 1 N–H and O–H groups in total. The van der Waals surface area contributed by atoms with Gasteiger partial charge < -0.3 is 9.47 Å². The number of nitro benzene ring substituents is 1. The van der Waals surface area contributed by atoms with Crippen molar-refractivity contribution < 1.29 is 22.8 Å². The first kappa shape index (κ1) is 19.5. The van der Waals surface area contributed by atoms with E-state index in [0.717, 1.165) is 6.07 Å². The van der Waals surface area contributed by atoms with Gasteiger partial charge in [0.1, 0.15) is 0 Å². The molecule has 23 heavy (non-hydrogen) atoms. The van der Waals surface area contributed by atoms with E-state index in [9.17, 15) is 18.5 Å². The average molecular weight is 346 g/mol. The monoisotopic (exact) mass is 346 g/mol. The standard InChI is InChI=1S/C14H22N2O6S/c1-3-21-14(22-4-2)10-7-11-15-23(19,20)13-9-6-5-8-12(13)16(17)18/h5-6,8-9,14-15H,3-4,7,10-11H2,1-2H3. The molecule has 0 aromatic heterocycles. The zero-order chi connectivity index (χ0) is 17.3. The van der Waals surface area contributed by atoms with Crippen LogP contribution in [0.25, 0.3) is 0 Å². The Kier molecular flexibility index (Phi) is 8.10. The zero-order valence-corrected chi connectivity index (χ0v) is 14.0. The number of para-hydroxylation sites is 1. The molecule has 0 saturated carbocycles. The summed E-state index contributed by atoms with van der Waals surface area (Å²) >= 11 is 0. The Morgan fingerprint density at radius 2 is 1.83 bits per heavy atom. The minimum Gasteiger partial charge on any atom is -0.353 e. The van der Waals surface area contributed by atoms with Crippen LogP contribution in [0.2, 0.25) is 0 Å². The molecule has 0 aliphatic carbocycles. The van der Waals surface area contributed by atoms with Crippen molar-refractivity contribution in [2.45, 2.75) is 37.9 Å². The molecule has 0 saturated heterocycles. The Balaban J connectivity index is 2.62. The number of rotatable bonds is 11. The van der Waals surface area contributed by atoms with Crippen LogP contribution in [-0.2, 0) is 19.5 Å². The van der Waals surface area contributed by atoms with Crippen molar-refractivity contribution in [3.8, 4) is 0 Å². The molecule has 0 aliphatic rings. The summed E-state index contributed by atoms with van der Waals surface area (Å²) in [6.07, 6.45) is 0.645. The van der Waals surface area contributed by atoms with Crippen molar-refractivity contribution in [3.05, 3.63) is 34.4 Å². The van der Waals surface area contributed by atoms with Gasteiger partial charge in [-0.3, -0.25) is 10.1 Å². The van der Waals surface area contributed by atoms with Gasteiger partial charge in [0, 0.05) is 25.8 Å². The van der Waals surface area contributed by atoms with Gasteiger partial charge in [-0.2, -0.15) is 0 Å². The molecule has 0 fully saturated rings. The number of hydrogen-bond acceptors (Lipinski definition) is 6. The maximum atomic E-state index is 12.2. The van der Waals surface area contributed by atoms with Gasteiger partial charge in [-0.25, -0.2) is 13.1 Å². The lowest BCUT2D eigenvalue weighted by Gasteiger charge is -2.16. The molecule has 130 valence electrons. The van der Waals surface area contributed by atoms with Gasteiger partial charge >= 0.3 is 0 Å². The molecule has 1 aromatic carbocycles. The summed E-state index contributed by atoms with van der Waals surface area (Å²) in [5.41, 5.74) is -0.443. The summed E-state index contributed by atoms with van der Waals surface area (Å²) in [7, 11) is -3.93. The second-order valence-corrected chi connectivity index (χ2v) is 6.34. The Bertz CT molecular complexity index is 599. The van der Waals surface area contributed by atoms with Crippen molar-refractivity contribution in [1.29, 1.82) is 0 Å². The van der Waals surface area contributed by atoms with E-state index in [1.54, 1.807) is 0 Å². The third-order valence-electron chi connectivity index (χ3n) is 2.97. The number of nitrogens with one attached hydrogen (secondary N) is 1. The Hall–Kier alpha value is -1.55. The average Bonchev–Trinajstić information content (AvgIpc) is 2.52. The summed E-state index contributed by atoms with van der Waals surface area (Å²) in [5.74, 6) is 0. The number of nitro groups is 1. The van der Waals surface area contributed by atoms with Crippen LogP contribution in [0.4, 0.5) is 5.69 Å². The van der Waals surface area contributed by atoms with Gasteiger partial charge in [-0.1, -0.05) is 12.1 Å². The van der Waals surface area contributed by atoms with Crippen LogP contribution in [0.15, 0.2) is 29.2 Å². The highest BCUT2D eigenvalue weighted by molar-refractivity contribution is 7.89. The zero-order valence-electron chi connectivity index (χ0n) is 13.2. The summed E-state index contributed by atoms with van der Waals surface area (Å²) in [6, 6.07) is 5.24. The van der Waals surface area contributed by atoms with Crippen LogP contribution in [0.5, 0.6) is 0 Å². The predicted molar refractivity (Wildman–Crippen MR) is 84.6 cm³/mol. The number of benzene rings is 1. The summed E-state index contributed by atoms with van der Waals surface area (Å²) in [4.78, 5) is 9.86. The highest BCUT2D eigenvalue weighted by Gasteiger charge is 2.24. The minimum atomic E-state index is -3.93. The van der Waals surface area contributed by atoms with Crippen LogP contribution in [-0.4, -0.2) is 39.4 Å². The van der Waals surface area contributed by atoms with Gasteiger partial charge in [0.05, 0.1) is 4.92 Å². The molecule has 1 rings (SSSR count). The van der Waals surface area contributed by atoms with E-state index in [2.05, 4.69) is 4.72 Å². The molecule has 0 spiro atoms. The first-order valence-corrected chi connectivity index (χ1v) is 8.87. The highest BCUT2D eigenvalue weighted by atomic mass is 32.2. The van der Waals surface area contributed by atoms with Crippen LogP contribution >= 0.6 is 0 Å². The highest BCUT2D eigenvalue weighted by Crippen LogP contribution is 2.22. The first-order chi connectivity index (χ1) is 10.9. The second kappa shape index (κ2) is 9.56.